The summed E-state index contributed by atoms with van der Waals surface area (Å²) >= 11 is 5.56. The zero-order valence-corrected chi connectivity index (χ0v) is 9.24. The summed E-state index contributed by atoms with van der Waals surface area (Å²) in [6, 6.07) is 7.09. The average Bonchev–Trinajstić information content (AvgIpc) is 2.25. The van der Waals surface area contributed by atoms with Gasteiger partial charge in [0.1, 0.15) is 0 Å². The molecule has 0 aliphatic heterocycles. The number of rotatable bonds is 6. The number of nitrogens with one attached hydrogen (secondary N) is 1. The quantitative estimate of drug-likeness (QED) is 0.383. The molecule has 0 amide bonds. The summed E-state index contributed by atoms with van der Waals surface area (Å²) in [6.45, 7) is 0.845. The van der Waals surface area contributed by atoms with Crippen LogP contribution < -0.4 is 10.8 Å². The molecule has 3 N–H and O–H groups in total. The van der Waals surface area contributed by atoms with E-state index in [1.54, 1.807) is 18.2 Å². The summed E-state index contributed by atoms with van der Waals surface area (Å²) < 4.78 is 0. The smallest absolute Gasteiger partial charge is 0.423 e. The van der Waals surface area contributed by atoms with Gasteiger partial charge in [-0.2, -0.15) is 0 Å². The molecule has 5 heteroatoms. The Morgan fingerprint density at radius 3 is 2.73 bits per heavy atom. The fourth-order valence-electron chi connectivity index (χ4n) is 1.26. The van der Waals surface area contributed by atoms with E-state index in [1.165, 1.54) is 0 Å². The minimum Gasteiger partial charge on any atom is -0.423 e. The van der Waals surface area contributed by atoms with E-state index in [9.17, 15) is 0 Å². The summed E-state index contributed by atoms with van der Waals surface area (Å²) in [5, 5.41) is 21.1. The van der Waals surface area contributed by atoms with Gasteiger partial charge in [0.05, 0.1) is 0 Å². The first-order valence-electron chi connectivity index (χ1n) is 5.00. The minimum absolute atomic E-state index is 0.498. The number of alkyl halides is 1. The second-order valence-corrected chi connectivity index (χ2v) is 3.70. The van der Waals surface area contributed by atoms with Crippen LogP contribution in [-0.4, -0.2) is 29.6 Å². The van der Waals surface area contributed by atoms with Gasteiger partial charge in [-0.25, -0.2) is 0 Å². The van der Waals surface area contributed by atoms with Crippen LogP contribution in [0.5, 0.6) is 0 Å². The molecule has 0 aliphatic rings. The van der Waals surface area contributed by atoms with Crippen molar-refractivity contribution >= 4 is 29.9 Å². The van der Waals surface area contributed by atoms with Crippen molar-refractivity contribution in [3.05, 3.63) is 24.3 Å². The predicted molar refractivity (Wildman–Crippen MR) is 64.7 cm³/mol. The zero-order valence-electron chi connectivity index (χ0n) is 8.49. The molecule has 0 radical (unpaired) electrons. The third-order valence-corrected chi connectivity index (χ3v) is 2.34. The Labute approximate surface area is 95.2 Å². The van der Waals surface area contributed by atoms with Crippen molar-refractivity contribution in [3.63, 3.8) is 0 Å². The standard InChI is InChI=1S/C10H15BClNO2/c12-6-1-2-7-13-10-5-3-4-9(8-10)11(14)15/h3-5,8,13-15H,1-2,6-7H2. The molecular formula is C10H15BClNO2. The van der Waals surface area contributed by atoms with Gasteiger partial charge in [-0.05, 0) is 30.4 Å². The highest BCUT2D eigenvalue weighted by molar-refractivity contribution is 6.58. The Bertz CT molecular complexity index is 297. The second-order valence-electron chi connectivity index (χ2n) is 3.32. The molecule has 0 saturated carbocycles. The van der Waals surface area contributed by atoms with Crippen molar-refractivity contribution in [1.82, 2.24) is 0 Å². The number of halogens is 1. The predicted octanol–water partition coefficient (Wildman–Crippen LogP) is 0.797. The van der Waals surface area contributed by atoms with Crippen LogP contribution in [0, 0.1) is 0 Å². The van der Waals surface area contributed by atoms with Gasteiger partial charge in [0.15, 0.2) is 0 Å². The van der Waals surface area contributed by atoms with E-state index < -0.39 is 7.12 Å². The van der Waals surface area contributed by atoms with Crippen LogP contribution in [0.4, 0.5) is 5.69 Å². The third-order valence-electron chi connectivity index (χ3n) is 2.07. The van der Waals surface area contributed by atoms with E-state index in [-0.39, 0.29) is 0 Å². The Balaban J connectivity index is 2.43. The molecule has 0 bridgehead atoms. The molecule has 82 valence electrons. The van der Waals surface area contributed by atoms with Crippen molar-refractivity contribution < 1.29 is 10.0 Å². The van der Waals surface area contributed by atoms with Crippen LogP contribution >= 0.6 is 11.6 Å². The van der Waals surface area contributed by atoms with Crippen LogP contribution in [0.3, 0.4) is 0 Å². The minimum atomic E-state index is -1.41. The molecule has 0 aliphatic carbocycles. The van der Waals surface area contributed by atoms with Crippen molar-refractivity contribution in [2.75, 3.05) is 17.7 Å². The fraction of sp³-hybridized carbons (Fsp3) is 0.400. The maximum absolute atomic E-state index is 8.97. The molecule has 1 rings (SSSR count). The summed E-state index contributed by atoms with van der Waals surface area (Å²) in [5.74, 6) is 0.678. The van der Waals surface area contributed by atoms with Crippen LogP contribution in [0.1, 0.15) is 12.8 Å². The van der Waals surface area contributed by atoms with E-state index in [2.05, 4.69) is 5.32 Å². The third kappa shape index (κ3) is 4.56. The normalized spacial score (nSPS) is 10.1. The largest absolute Gasteiger partial charge is 0.488 e. The molecule has 15 heavy (non-hydrogen) atoms. The van der Waals surface area contributed by atoms with Crippen molar-refractivity contribution in [3.8, 4) is 0 Å². The van der Waals surface area contributed by atoms with E-state index in [0.29, 0.717) is 11.3 Å². The highest BCUT2D eigenvalue weighted by Crippen LogP contribution is 2.04. The molecule has 0 aromatic heterocycles. The van der Waals surface area contributed by atoms with E-state index in [1.807, 2.05) is 6.07 Å². The van der Waals surface area contributed by atoms with Crippen molar-refractivity contribution in [2.45, 2.75) is 12.8 Å². The first kappa shape index (κ1) is 12.4. The first-order valence-corrected chi connectivity index (χ1v) is 5.53. The number of hydrogen-bond acceptors (Lipinski definition) is 3. The van der Waals surface area contributed by atoms with E-state index in [0.717, 1.165) is 25.1 Å². The fourth-order valence-corrected chi connectivity index (χ4v) is 1.45. The van der Waals surface area contributed by atoms with Crippen molar-refractivity contribution in [2.24, 2.45) is 0 Å². The van der Waals surface area contributed by atoms with Crippen LogP contribution in [0.15, 0.2) is 24.3 Å². The Kier molecular flexibility index (Phi) is 5.54. The Morgan fingerprint density at radius 1 is 1.27 bits per heavy atom. The van der Waals surface area contributed by atoms with E-state index in [4.69, 9.17) is 21.6 Å². The van der Waals surface area contributed by atoms with Gasteiger partial charge in [0.2, 0.25) is 0 Å². The lowest BCUT2D eigenvalue weighted by Crippen LogP contribution is -2.29. The summed E-state index contributed by atoms with van der Waals surface area (Å²) in [5.41, 5.74) is 1.40. The molecule has 0 atom stereocenters. The van der Waals surface area contributed by atoms with Crippen LogP contribution in [0.2, 0.25) is 0 Å². The highest BCUT2D eigenvalue weighted by atomic mass is 35.5. The van der Waals surface area contributed by atoms with Gasteiger partial charge in [-0.15, -0.1) is 11.6 Å². The molecule has 0 fully saturated rings. The number of unbranched alkanes of at least 4 members (excludes halogenated alkanes) is 1. The lowest BCUT2D eigenvalue weighted by Gasteiger charge is -2.07. The maximum Gasteiger partial charge on any atom is 0.488 e. The highest BCUT2D eigenvalue weighted by Gasteiger charge is 2.10. The summed E-state index contributed by atoms with van der Waals surface area (Å²) in [7, 11) is -1.41. The molecular weight excluding hydrogens is 212 g/mol. The number of benzene rings is 1. The lowest BCUT2D eigenvalue weighted by atomic mass is 9.80. The first-order chi connectivity index (χ1) is 7.24. The van der Waals surface area contributed by atoms with Crippen LogP contribution in [0.25, 0.3) is 0 Å². The molecule has 3 nitrogen and oxygen atoms in total. The molecule has 0 heterocycles. The van der Waals surface area contributed by atoms with Gasteiger partial charge >= 0.3 is 7.12 Å². The number of hydrogen-bond donors (Lipinski definition) is 3. The summed E-state index contributed by atoms with van der Waals surface area (Å²) in [4.78, 5) is 0. The molecule has 0 unspecified atom stereocenters. The molecule has 1 aromatic carbocycles. The maximum atomic E-state index is 8.97. The Hall–Kier alpha value is -0.705. The second kappa shape index (κ2) is 6.72. The molecule has 0 spiro atoms. The Morgan fingerprint density at radius 2 is 2.07 bits per heavy atom. The van der Waals surface area contributed by atoms with Crippen molar-refractivity contribution in [1.29, 1.82) is 0 Å². The summed E-state index contributed by atoms with van der Waals surface area (Å²) in [6.07, 6.45) is 1.99. The van der Waals surface area contributed by atoms with Gasteiger partial charge in [-0.3, -0.25) is 0 Å². The lowest BCUT2D eigenvalue weighted by molar-refractivity contribution is 0.426. The SMILES string of the molecule is OB(O)c1cccc(NCCCCCl)c1. The molecule has 0 saturated heterocycles. The molecule has 1 aromatic rings. The van der Waals surface area contributed by atoms with Gasteiger partial charge < -0.3 is 15.4 Å². The average molecular weight is 227 g/mol. The van der Waals surface area contributed by atoms with Gasteiger partial charge in [0, 0.05) is 18.1 Å². The topological polar surface area (TPSA) is 52.5 Å². The zero-order chi connectivity index (χ0) is 11.1. The van der Waals surface area contributed by atoms with Crippen LogP contribution in [-0.2, 0) is 0 Å². The van der Waals surface area contributed by atoms with Gasteiger partial charge in [-0.1, -0.05) is 12.1 Å². The van der Waals surface area contributed by atoms with E-state index >= 15 is 0 Å². The number of anilines is 1. The van der Waals surface area contributed by atoms with Gasteiger partial charge in [0.25, 0.3) is 0 Å². The monoisotopic (exact) mass is 227 g/mol.